The zero-order valence-electron chi connectivity index (χ0n) is 15.7. The summed E-state index contributed by atoms with van der Waals surface area (Å²) in [7, 11) is 0. The van der Waals surface area contributed by atoms with Crippen LogP contribution in [0.25, 0.3) is 5.69 Å². The predicted octanol–water partition coefficient (Wildman–Crippen LogP) is 1.35. The molecule has 0 bridgehead atoms. The van der Waals surface area contributed by atoms with Gasteiger partial charge in [-0.3, -0.25) is 14.4 Å². The van der Waals surface area contributed by atoms with Crippen LogP contribution in [-0.2, 0) is 22.8 Å². The van der Waals surface area contributed by atoms with Gasteiger partial charge in [0.15, 0.2) is 0 Å². The lowest BCUT2D eigenvalue weighted by Crippen LogP contribution is -2.37. The van der Waals surface area contributed by atoms with Crippen molar-refractivity contribution in [3.05, 3.63) is 75.5 Å². The molecule has 154 valence electrons. The Morgan fingerprint density at radius 1 is 1.20 bits per heavy atom. The summed E-state index contributed by atoms with van der Waals surface area (Å²) >= 11 is 1.52. The summed E-state index contributed by atoms with van der Waals surface area (Å²) in [6.07, 6.45) is 3.44. The fourth-order valence-electron chi connectivity index (χ4n) is 3.34. The van der Waals surface area contributed by atoms with Crippen LogP contribution in [0.4, 0.5) is 0 Å². The maximum atomic E-state index is 13.1. The third-order valence-electron chi connectivity index (χ3n) is 4.77. The molecule has 3 N–H and O–H groups in total. The topological polar surface area (TPSA) is 126 Å². The summed E-state index contributed by atoms with van der Waals surface area (Å²) in [6, 6.07) is 9.51. The number of para-hydroxylation sites is 1. The molecule has 0 aliphatic carbocycles. The number of carboxylic acids is 1. The average molecular weight is 426 g/mol. The van der Waals surface area contributed by atoms with Crippen molar-refractivity contribution in [2.24, 2.45) is 0 Å². The van der Waals surface area contributed by atoms with Gasteiger partial charge in [0.05, 0.1) is 18.4 Å². The third kappa shape index (κ3) is 3.69. The van der Waals surface area contributed by atoms with E-state index in [0.29, 0.717) is 22.8 Å². The van der Waals surface area contributed by atoms with E-state index in [1.54, 1.807) is 17.1 Å². The number of fused-ring (bicyclic) bond motifs is 1. The van der Waals surface area contributed by atoms with E-state index in [0.717, 1.165) is 11.3 Å². The normalized spacial score (nSPS) is 12.5. The smallest absolute Gasteiger partial charge is 0.322 e. The van der Waals surface area contributed by atoms with Crippen molar-refractivity contribution in [3.63, 3.8) is 0 Å². The molecule has 1 aliphatic heterocycles. The molecular formula is C20H18N4O5S. The Balaban J connectivity index is 1.72. The maximum absolute atomic E-state index is 13.1. The highest BCUT2D eigenvalue weighted by Gasteiger charge is 2.29. The van der Waals surface area contributed by atoms with Gasteiger partial charge in [-0.15, -0.1) is 0 Å². The fraction of sp³-hybridized carbons (Fsp3) is 0.200. The van der Waals surface area contributed by atoms with Crippen LogP contribution in [0.1, 0.15) is 27.2 Å². The van der Waals surface area contributed by atoms with E-state index in [9.17, 15) is 19.5 Å². The van der Waals surface area contributed by atoms with Crippen LogP contribution >= 0.6 is 11.8 Å². The van der Waals surface area contributed by atoms with Crippen molar-refractivity contribution in [3.8, 4) is 11.4 Å². The van der Waals surface area contributed by atoms with Crippen LogP contribution in [0.3, 0.4) is 0 Å². The Kier molecular flexibility index (Phi) is 5.32. The van der Waals surface area contributed by atoms with Crippen molar-refractivity contribution < 1.29 is 19.8 Å². The predicted molar refractivity (Wildman–Crippen MR) is 110 cm³/mol. The first kappa shape index (κ1) is 19.8. The van der Waals surface area contributed by atoms with E-state index in [4.69, 9.17) is 5.11 Å². The van der Waals surface area contributed by atoms with Crippen molar-refractivity contribution >= 4 is 23.6 Å². The Morgan fingerprint density at radius 2 is 1.97 bits per heavy atom. The molecule has 1 aromatic carbocycles. The molecule has 0 saturated carbocycles. The molecule has 0 saturated heterocycles. The fourth-order valence-corrected chi connectivity index (χ4v) is 4.47. The summed E-state index contributed by atoms with van der Waals surface area (Å²) in [6.45, 7) is -0.471. The maximum Gasteiger partial charge on any atom is 0.322 e. The quantitative estimate of drug-likeness (QED) is 0.543. The number of carbonyl (C=O) groups excluding carboxylic acids is 1. The Morgan fingerprint density at radius 3 is 2.70 bits per heavy atom. The largest absolute Gasteiger partial charge is 0.507 e. The molecule has 3 aromatic rings. The molecule has 2 aromatic heterocycles. The molecular weight excluding hydrogens is 408 g/mol. The lowest BCUT2D eigenvalue weighted by molar-refractivity contribution is -0.135. The van der Waals surface area contributed by atoms with Crippen LogP contribution in [0.2, 0.25) is 0 Å². The van der Waals surface area contributed by atoms with Gasteiger partial charge < -0.3 is 20.1 Å². The molecule has 0 fully saturated rings. The summed E-state index contributed by atoms with van der Waals surface area (Å²) in [5, 5.41) is 25.8. The number of hydrogen-bond acceptors (Lipinski definition) is 6. The minimum Gasteiger partial charge on any atom is -0.507 e. The zero-order chi connectivity index (χ0) is 21.3. The van der Waals surface area contributed by atoms with Crippen LogP contribution in [0.15, 0.2) is 47.5 Å². The Labute approximate surface area is 175 Å². The van der Waals surface area contributed by atoms with E-state index in [-0.39, 0.29) is 12.3 Å². The molecule has 9 nitrogen and oxygen atoms in total. The Hall–Kier alpha value is -3.53. The molecule has 0 spiro atoms. The van der Waals surface area contributed by atoms with Gasteiger partial charge in [-0.2, -0.15) is 16.9 Å². The lowest BCUT2D eigenvalue weighted by atomic mass is 10.1. The number of benzene rings is 1. The minimum absolute atomic E-state index is 0.175. The van der Waals surface area contributed by atoms with Gasteiger partial charge in [-0.1, -0.05) is 18.2 Å². The third-order valence-corrected chi connectivity index (χ3v) is 5.74. The number of nitrogens with one attached hydrogen (secondary N) is 1. The summed E-state index contributed by atoms with van der Waals surface area (Å²) in [5.41, 5.74) is 1.70. The summed E-state index contributed by atoms with van der Waals surface area (Å²) < 4.78 is 3.15. The average Bonchev–Trinajstić information content (AvgIpc) is 3.40. The molecule has 0 unspecified atom stereocenters. The van der Waals surface area contributed by atoms with Gasteiger partial charge in [0.1, 0.15) is 17.9 Å². The van der Waals surface area contributed by atoms with Gasteiger partial charge in [0, 0.05) is 34.5 Å². The van der Waals surface area contributed by atoms with E-state index in [2.05, 4.69) is 10.4 Å². The van der Waals surface area contributed by atoms with Crippen LogP contribution in [-0.4, -0.2) is 43.0 Å². The van der Waals surface area contributed by atoms with Crippen molar-refractivity contribution in [2.45, 2.75) is 18.1 Å². The zero-order valence-corrected chi connectivity index (χ0v) is 16.6. The molecule has 1 aliphatic rings. The van der Waals surface area contributed by atoms with Crippen LogP contribution in [0.5, 0.6) is 5.75 Å². The van der Waals surface area contributed by atoms with Crippen molar-refractivity contribution in [1.29, 1.82) is 0 Å². The van der Waals surface area contributed by atoms with Crippen molar-refractivity contribution in [1.82, 2.24) is 19.7 Å². The number of carboxylic acid groups (broad SMARTS) is 1. The van der Waals surface area contributed by atoms with Gasteiger partial charge in [-0.05, 0) is 12.1 Å². The molecule has 3 heterocycles. The van der Waals surface area contributed by atoms with E-state index in [1.165, 1.54) is 16.3 Å². The lowest BCUT2D eigenvalue weighted by Gasteiger charge is -2.15. The molecule has 0 radical (unpaired) electrons. The van der Waals surface area contributed by atoms with Crippen molar-refractivity contribution in [2.75, 3.05) is 6.54 Å². The number of carbonyl (C=O) groups is 2. The van der Waals surface area contributed by atoms with Crippen LogP contribution in [0, 0.1) is 0 Å². The monoisotopic (exact) mass is 426 g/mol. The first-order valence-corrected chi connectivity index (χ1v) is 10.3. The molecule has 30 heavy (non-hydrogen) atoms. The van der Waals surface area contributed by atoms with E-state index < -0.39 is 29.5 Å². The van der Waals surface area contributed by atoms with Gasteiger partial charge >= 0.3 is 5.97 Å². The van der Waals surface area contributed by atoms with Gasteiger partial charge in [-0.25, -0.2) is 4.68 Å². The SMILES string of the molecule is O=C(O)CNC(=O)c1c(O)c2c(n(Cc3cnn(-c4ccccc4)c3)c1=O)CSC2. The second kappa shape index (κ2) is 8.07. The second-order valence-electron chi connectivity index (χ2n) is 6.74. The second-order valence-corrected chi connectivity index (χ2v) is 7.72. The highest BCUT2D eigenvalue weighted by Crippen LogP contribution is 2.36. The van der Waals surface area contributed by atoms with Gasteiger partial charge in [0.25, 0.3) is 11.5 Å². The molecule has 10 heteroatoms. The van der Waals surface area contributed by atoms with Crippen LogP contribution < -0.4 is 10.9 Å². The van der Waals surface area contributed by atoms with E-state index >= 15 is 0 Å². The highest BCUT2D eigenvalue weighted by molar-refractivity contribution is 7.98. The van der Waals surface area contributed by atoms with E-state index in [1.807, 2.05) is 30.3 Å². The number of amides is 1. The number of aromatic hydroxyl groups is 1. The minimum atomic E-state index is -1.24. The molecule has 1 amide bonds. The number of pyridine rings is 1. The van der Waals surface area contributed by atoms with Gasteiger partial charge in [0.2, 0.25) is 0 Å². The first-order chi connectivity index (χ1) is 14.5. The highest BCUT2D eigenvalue weighted by atomic mass is 32.2. The number of aromatic nitrogens is 3. The number of aliphatic carboxylic acids is 1. The number of rotatable bonds is 6. The number of nitrogens with zero attached hydrogens (tertiary/aromatic N) is 3. The summed E-state index contributed by atoms with van der Waals surface area (Å²) in [5.74, 6) is -1.54. The number of thioether (sulfide) groups is 1. The number of hydrogen-bond donors (Lipinski definition) is 3. The molecule has 4 rings (SSSR count). The Bertz CT molecular complexity index is 1190. The first-order valence-electron chi connectivity index (χ1n) is 9.10. The standard InChI is InChI=1S/C20H18N4O5S/c25-16(26)7-21-19(28)17-18(27)14-10-30-11-15(14)23(20(17)29)8-12-6-22-24(9-12)13-4-2-1-3-5-13/h1-6,9,27H,7-8,10-11H2,(H,21,28)(H,25,26). The molecule has 0 atom stereocenters. The summed E-state index contributed by atoms with van der Waals surface area (Å²) in [4.78, 5) is 36.2.